The minimum absolute atomic E-state index is 0.0380. The molecule has 0 aliphatic carbocycles. The van der Waals surface area contributed by atoms with Crippen molar-refractivity contribution in [1.29, 1.82) is 0 Å². The molecule has 0 spiro atoms. The zero-order valence-corrected chi connectivity index (χ0v) is 12.3. The van der Waals surface area contributed by atoms with Crippen molar-refractivity contribution >= 4 is 11.9 Å². The molecule has 0 bridgehead atoms. The maximum Gasteiger partial charge on any atom is 0.305 e. The second kappa shape index (κ2) is 6.98. The monoisotopic (exact) mass is 279 g/mol. The highest BCUT2D eigenvalue weighted by Crippen LogP contribution is 2.11. The second-order valence-electron chi connectivity index (χ2n) is 5.12. The van der Waals surface area contributed by atoms with Gasteiger partial charge in [0.1, 0.15) is 0 Å². The SMILES string of the molecule is CCc1nnc(C)cc1C(=O)NC(CC(=O)O)C(C)C. The van der Waals surface area contributed by atoms with Gasteiger partial charge < -0.3 is 10.4 Å². The van der Waals surface area contributed by atoms with Gasteiger partial charge in [0, 0.05) is 6.04 Å². The minimum Gasteiger partial charge on any atom is -0.481 e. The standard InChI is InChI=1S/C14H21N3O3/c1-5-11-10(6-9(4)16-17-11)14(20)15-12(8(2)3)7-13(18)19/h6,8,12H,5,7H2,1-4H3,(H,15,20)(H,18,19). The van der Waals surface area contributed by atoms with Gasteiger partial charge in [-0.25, -0.2) is 0 Å². The van der Waals surface area contributed by atoms with Crippen molar-refractivity contribution in [2.75, 3.05) is 0 Å². The molecule has 0 aliphatic heterocycles. The molecule has 1 rings (SSSR count). The molecule has 1 heterocycles. The Labute approximate surface area is 118 Å². The van der Waals surface area contributed by atoms with E-state index < -0.39 is 12.0 Å². The van der Waals surface area contributed by atoms with Crippen molar-refractivity contribution in [2.24, 2.45) is 5.92 Å². The normalized spacial score (nSPS) is 12.2. The number of carboxylic acids is 1. The number of aliphatic carboxylic acids is 1. The summed E-state index contributed by atoms with van der Waals surface area (Å²) in [4.78, 5) is 23.1. The van der Waals surface area contributed by atoms with Crippen molar-refractivity contribution in [3.05, 3.63) is 23.0 Å². The Bertz CT molecular complexity index is 500. The number of aryl methyl sites for hydroxylation is 2. The zero-order valence-electron chi connectivity index (χ0n) is 12.3. The van der Waals surface area contributed by atoms with Gasteiger partial charge in [-0.1, -0.05) is 20.8 Å². The molecular weight excluding hydrogens is 258 g/mol. The van der Waals surface area contributed by atoms with Gasteiger partial charge in [-0.15, -0.1) is 0 Å². The van der Waals surface area contributed by atoms with Crippen LogP contribution >= 0.6 is 0 Å². The largest absolute Gasteiger partial charge is 0.481 e. The molecule has 0 radical (unpaired) electrons. The van der Waals surface area contributed by atoms with Crippen molar-refractivity contribution in [2.45, 2.75) is 46.6 Å². The van der Waals surface area contributed by atoms with Crippen molar-refractivity contribution in [3.63, 3.8) is 0 Å². The maximum absolute atomic E-state index is 12.3. The first-order chi connectivity index (χ1) is 9.35. The highest BCUT2D eigenvalue weighted by Gasteiger charge is 2.21. The van der Waals surface area contributed by atoms with E-state index in [0.717, 1.165) is 0 Å². The summed E-state index contributed by atoms with van der Waals surface area (Å²) in [5.74, 6) is -1.18. The van der Waals surface area contributed by atoms with Crippen molar-refractivity contribution in [3.8, 4) is 0 Å². The Kier molecular flexibility index (Phi) is 5.61. The molecule has 0 saturated carbocycles. The number of carbonyl (C=O) groups excluding carboxylic acids is 1. The van der Waals surface area contributed by atoms with Gasteiger partial charge in [0.25, 0.3) is 5.91 Å². The van der Waals surface area contributed by atoms with E-state index in [9.17, 15) is 9.59 Å². The lowest BCUT2D eigenvalue weighted by atomic mass is 10.00. The van der Waals surface area contributed by atoms with Crippen molar-refractivity contribution in [1.82, 2.24) is 15.5 Å². The molecule has 6 heteroatoms. The first kappa shape index (κ1) is 16.1. The van der Waals surface area contributed by atoms with Crippen LogP contribution in [0.15, 0.2) is 6.07 Å². The first-order valence-electron chi connectivity index (χ1n) is 6.71. The summed E-state index contributed by atoms with van der Waals surface area (Å²) in [6, 6.07) is 1.28. The van der Waals surface area contributed by atoms with Gasteiger partial charge in [-0.2, -0.15) is 10.2 Å². The first-order valence-corrected chi connectivity index (χ1v) is 6.71. The summed E-state index contributed by atoms with van der Waals surface area (Å²) in [6.07, 6.45) is 0.504. The Balaban J connectivity index is 2.94. The lowest BCUT2D eigenvalue weighted by Crippen LogP contribution is -2.40. The van der Waals surface area contributed by atoms with Crippen LogP contribution in [0.5, 0.6) is 0 Å². The third-order valence-corrected chi connectivity index (χ3v) is 3.09. The van der Waals surface area contributed by atoms with E-state index in [0.29, 0.717) is 23.4 Å². The second-order valence-corrected chi connectivity index (χ2v) is 5.12. The average Bonchev–Trinajstić information content (AvgIpc) is 2.37. The molecule has 1 aromatic heterocycles. The number of nitrogens with zero attached hydrogens (tertiary/aromatic N) is 2. The Morgan fingerprint density at radius 2 is 2.00 bits per heavy atom. The third kappa shape index (κ3) is 4.29. The number of nitrogens with one attached hydrogen (secondary N) is 1. The molecule has 0 aliphatic rings. The van der Waals surface area contributed by atoms with Crippen LogP contribution in [0.25, 0.3) is 0 Å². The highest BCUT2D eigenvalue weighted by molar-refractivity contribution is 5.95. The lowest BCUT2D eigenvalue weighted by molar-refractivity contribution is -0.137. The van der Waals surface area contributed by atoms with E-state index in [1.807, 2.05) is 20.8 Å². The summed E-state index contributed by atoms with van der Waals surface area (Å²) in [5.41, 5.74) is 1.74. The van der Waals surface area contributed by atoms with E-state index in [1.165, 1.54) is 0 Å². The number of hydrogen-bond acceptors (Lipinski definition) is 4. The Morgan fingerprint density at radius 3 is 2.50 bits per heavy atom. The Hall–Kier alpha value is -1.98. The highest BCUT2D eigenvalue weighted by atomic mass is 16.4. The zero-order chi connectivity index (χ0) is 15.3. The molecule has 110 valence electrons. The van der Waals surface area contributed by atoms with Gasteiger partial charge >= 0.3 is 5.97 Å². The van der Waals surface area contributed by atoms with Gasteiger partial charge in [-0.05, 0) is 25.3 Å². The predicted molar refractivity (Wildman–Crippen MR) is 74.5 cm³/mol. The predicted octanol–water partition coefficient (Wildman–Crippen LogP) is 1.58. The number of rotatable bonds is 6. The van der Waals surface area contributed by atoms with Gasteiger partial charge in [0.05, 0.1) is 23.4 Å². The van der Waals surface area contributed by atoms with E-state index >= 15 is 0 Å². The minimum atomic E-state index is -0.927. The maximum atomic E-state index is 12.3. The molecule has 1 aromatic rings. The molecule has 6 nitrogen and oxygen atoms in total. The van der Waals surface area contributed by atoms with Crippen LogP contribution < -0.4 is 5.32 Å². The fourth-order valence-electron chi connectivity index (χ4n) is 1.86. The van der Waals surface area contributed by atoms with E-state index in [4.69, 9.17) is 5.11 Å². The van der Waals surface area contributed by atoms with Gasteiger partial charge in [-0.3, -0.25) is 9.59 Å². The molecule has 0 fully saturated rings. The number of carboxylic acid groups (broad SMARTS) is 1. The van der Waals surface area contributed by atoms with E-state index in [-0.39, 0.29) is 18.2 Å². The van der Waals surface area contributed by atoms with Crippen LogP contribution in [0.1, 0.15) is 48.9 Å². The summed E-state index contributed by atoms with van der Waals surface area (Å²) in [7, 11) is 0. The number of aromatic nitrogens is 2. The molecular formula is C14H21N3O3. The topological polar surface area (TPSA) is 92.2 Å². The molecule has 0 aromatic carbocycles. The fraction of sp³-hybridized carbons (Fsp3) is 0.571. The summed E-state index contributed by atoms with van der Waals surface area (Å²) in [6.45, 7) is 7.42. The molecule has 1 unspecified atom stereocenters. The number of amides is 1. The van der Waals surface area contributed by atoms with Crippen LogP contribution in [0, 0.1) is 12.8 Å². The summed E-state index contributed by atoms with van der Waals surface area (Å²) < 4.78 is 0. The van der Waals surface area contributed by atoms with Gasteiger partial charge in [0.15, 0.2) is 0 Å². The average molecular weight is 279 g/mol. The van der Waals surface area contributed by atoms with Crippen LogP contribution in [0.2, 0.25) is 0 Å². The Morgan fingerprint density at radius 1 is 1.35 bits per heavy atom. The van der Waals surface area contributed by atoms with E-state index in [2.05, 4.69) is 15.5 Å². The molecule has 2 N–H and O–H groups in total. The van der Waals surface area contributed by atoms with Crippen molar-refractivity contribution < 1.29 is 14.7 Å². The number of hydrogen-bond donors (Lipinski definition) is 2. The molecule has 1 atom stereocenters. The van der Waals surface area contributed by atoms with Crippen LogP contribution in [0.3, 0.4) is 0 Å². The molecule has 20 heavy (non-hydrogen) atoms. The lowest BCUT2D eigenvalue weighted by Gasteiger charge is -2.21. The van der Waals surface area contributed by atoms with Gasteiger partial charge in [0.2, 0.25) is 0 Å². The van der Waals surface area contributed by atoms with E-state index in [1.54, 1.807) is 13.0 Å². The van der Waals surface area contributed by atoms with Crippen LogP contribution in [0.4, 0.5) is 0 Å². The number of carbonyl (C=O) groups is 2. The quantitative estimate of drug-likeness (QED) is 0.824. The van der Waals surface area contributed by atoms with Crippen LogP contribution in [-0.4, -0.2) is 33.2 Å². The third-order valence-electron chi connectivity index (χ3n) is 3.09. The summed E-state index contributed by atoms with van der Waals surface area (Å²) in [5, 5.41) is 19.6. The van der Waals surface area contributed by atoms with Crippen LogP contribution in [-0.2, 0) is 11.2 Å². The molecule has 0 saturated heterocycles. The molecule has 1 amide bonds. The fourth-order valence-corrected chi connectivity index (χ4v) is 1.86. The smallest absolute Gasteiger partial charge is 0.305 e. The summed E-state index contributed by atoms with van der Waals surface area (Å²) >= 11 is 0.